The number of anilines is 1. The highest BCUT2D eigenvalue weighted by molar-refractivity contribution is 7.89. The molecule has 1 rings (SSSR count). The molecule has 1 amide bonds. The summed E-state index contributed by atoms with van der Waals surface area (Å²) in [6, 6.07) is 1.20. The minimum Gasteiger partial charge on any atom is -0.444 e. The third kappa shape index (κ3) is 4.68. The normalized spacial score (nSPS) is 12.0. The average molecular weight is 273 g/mol. The number of nitrogens with zero attached hydrogens (tertiary/aromatic N) is 1. The smallest absolute Gasteiger partial charge is 0.412 e. The summed E-state index contributed by atoms with van der Waals surface area (Å²) in [5.41, 5.74) is -0.453. The van der Waals surface area contributed by atoms with Gasteiger partial charge in [0.2, 0.25) is 10.0 Å². The summed E-state index contributed by atoms with van der Waals surface area (Å²) in [5.74, 6) is 0. The van der Waals surface area contributed by atoms with E-state index < -0.39 is 21.7 Å². The van der Waals surface area contributed by atoms with Gasteiger partial charge >= 0.3 is 6.09 Å². The van der Waals surface area contributed by atoms with Gasteiger partial charge in [-0.3, -0.25) is 10.3 Å². The lowest BCUT2D eigenvalue weighted by Crippen LogP contribution is -2.27. The third-order valence-electron chi connectivity index (χ3n) is 1.69. The molecule has 0 aliphatic carbocycles. The Morgan fingerprint density at radius 3 is 2.50 bits per heavy atom. The molecule has 1 aromatic heterocycles. The van der Waals surface area contributed by atoms with Crippen LogP contribution in [0, 0.1) is 0 Å². The average Bonchev–Trinajstić information content (AvgIpc) is 2.13. The molecule has 7 nitrogen and oxygen atoms in total. The predicted molar refractivity (Wildman–Crippen MR) is 65.5 cm³/mol. The van der Waals surface area contributed by atoms with E-state index >= 15 is 0 Å². The minimum absolute atomic E-state index is 0.184. The summed E-state index contributed by atoms with van der Waals surface area (Å²) >= 11 is 0. The fraction of sp³-hybridized carbons (Fsp3) is 0.400. The van der Waals surface area contributed by atoms with Crippen LogP contribution in [0.15, 0.2) is 23.4 Å². The van der Waals surface area contributed by atoms with Crippen molar-refractivity contribution in [3.05, 3.63) is 18.5 Å². The maximum atomic E-state index is 11.4. The second-order valence-electron chi connectivity index (χ2n) is 4.58. The summed E-state index contributed by atoms with van der Waals surface area (Å²) < 4.78 is 27.2. The molecule has 0 unspecified atom stereocenters. The number of aromatic nitrogens is 1. The Morgan fingerprint density at radius 2 is 2.00 bits per heavy atom. The standard InChI is InChI=1S/C10H15N3O4S/c1-10(2,3)17-9(14)13-7-4-8(6-12-5-7)18(11,15)16/h4-6H,1-3H3,(H,13,14)(H2,11,15,16). The van der Waals surface area contributed by atoms with E-state index in [-0.39, 0.29) is 10.6 Å². The molecule has 8 heteroatoms. The number of rotatable bonds is 2. The third-order valence-corrected chi connectivity index (χ3v) is 2.57. The first-order valence-electron chi connectivity index (χ1n) is 5.06. The van der Waals surface area contributed by atoms with Crippen molar-refractivity contribution >= 4 is 21.8 Å². The van der Waals surface area contributed by atoms with Crippen molar-refractivity contribution < 1.29 is 17.9 Å². The van der Waals surface area contributed by atoms with Crippen LogP contribution >= 0.6 is 0 Å². The Kier molecular flexibility index (Phi) is 3.92. The van der Waals surface area contributed by atoms with E-state index in [2.05, 4.69) is 10.3 Å². The van der Waals surface area contributed by atoms with Gasteiger partial charge in [0.05, 0.1) is 11.9 Å². The fourth-order valence-electron chi connectivity index (χ4n) is 1.06. The molecule has 0 atom stereocenters. The predicted octanol–water partition coefficient (Wildman–Crippen LogP) is 1.08. The number of primary sulfonamides is 1. The maximum Gasteiger partial charge on any atom is 0.412 e. The molecule has 0 spiro atoms. The van der Waals surface area contributed by atoms with Gasteiger partial charge in [-0.2, -0.15) is 0 Å². The number of carbonyl (C=O) groups excluding carboxylic acids is 1. The summed E-state index contributed by atoms with van der Waals surface area (Å²) in [7, 11) is -3.85. The quantitative estimate of drug-likeness (QED) is 0.837. The molecule has 0 radical (unpaired) electrons. The molecule has 1 aromatic rings. The number of sulfonamides is 1. The van der Waals surface area contributed by atoms with Gasteiger partial charge in [-0.1, -0.05) is 0 Å². The maximum absolute atomic E-state index is 11.4. The lowest BCUT2D eigenvalue weighted by atomic mass is 10.2. The Balaban J connectivity index is 2.84. The van der Waals surface area contributed by atoms with Gasteiger partial charge in [-0.25, -0.2) is 18.4 Å². The first-order valence-corrected chi connectivity index (χ1v) is 6.60. The Bertz CT molecular complexity index is 548. The summed E-state index contributed by atoms with van der Waals surface area (Å²) in [5, 5.41) is 7.31. The number of pyridine rings is 1. The summed E-state index contributed by atoms with van der Waals surface area (Å²) in [6.07, 6.45) is 1.68. The number of hydrogen-bond donors (Lipinski definition) is 2. The van der Waals surface area contributed by atoms with Crippen molar-refractivity contribution in [2.24, 2.45) is 5.14 Å². The van der Waals surface area contributed by atoms with Crippen LogP contribution in [0.2, 0.25) is 0 Å². The summed E-state index contributed by atoms with van der Waals surface area (Å²) in [4.78, 5) is 14.9. The molecule has 0 saturated carbocycles. The van der Waals surface area contributed by atoms with E-state index in [0.29, 0.717) is 0 Å². The topological polar surface area (TPSA) is 111 Å². The van der Waals surface area contributed by atoms with Crippen LogP contribution in [-0.4, -0.2) is 25.1 Å². The Hall–Kier alpha value is -1.67. The zero-order valence-electron chi connectivity index (χ0n) is 10.3. The summed E-state index contributed by atoms with van der Waals surface area (Å²) in [6.45, 7) is 5.14. The van der Waals surface area contributed by atoms with Gasteiger partial charge in [-0.05, 0) is 26.8 Å². The van der Waals surface area contributed by atoms with Crippen molar-refractivity contribution in [3.63, 3.8) is 0 Å². The van der Waals surface area contributed by atoms with E-state index in [1.165, 1.54) is 12.3 Å². The molecule has 3 N–H and O–H groups in total. The molecule has 0 aliphatic heterocycles. The van der Waals surface area contributed by atoms with Gasteiger partial charge in [0.25, 0.3) is 0 Å². The van der Waals surface area contributed by atoms with E-state index in [0.717, 1.165) is 6.20 Å². The highest BCUT2D eigenvalue weighted by Gasteiger charge is 2.17. The molecular formula is C10H15N3O4S. The minimum atomic E-state index is -3.85. The van der Waals surface area contributed by atoms with E-state index in [1.807, 2.05) is 0 Å². The zero-order chi connectivity index (χ0) is 14.0. The largest absolute Gasteiger partial charge is 0.444 e. The molecule has 0 saturated heterocycles. The van der Waals surface area contributed by atoms with Crippen molar-refractivity contribution in [1.82, 2.24) is 4.98 Å². The van der Waals surface area contributed by atoms with Gasteiger partial charge in [-0.15, -0.1) is 0 Å². The van der Waals surface area contributed by atoms with Crippen LogP contribution in [0.25, 0.3) is 0 Å². The lowest BCUT2D eigenvalue weighted by molar-refractivity contribution is 0.0636. The SMILES string of the molecule is CC(C)(C)OC(=O)Nc1cncc(S(N)(=O)=O)c1. The first kappa shape index (κ1) is 14.4. The van der Waals surface area contributed by atoms with Crippen molar-refractivity contribution in [2.45, 2.75) is 31.3 Å². The van der Waals surface area contributed by atoms with E-state index in [4.69, 9.17) is 9.88 Å². The van der Waals surface area contributed by atoms with E-state index in [1.54, 1.807) is 20.8 Å². The van der Waals surface area contributed by atoms with Crippen molar-refractivity contribution in [2.75, 3.05) is 5.32 Å². The zero-order valence-corrected chi connectivity index (χ0v) is 11.1. The number of carbonyl (C=O) groups is 1. The van der Waals surface area contributed by atoms with Crippen LogP contribution in [0.3, 0.4) is 0 Å². The molecular weight excluding hydrogens is 258 g/mol. The molecule has 0 bridgehead atoms. The fourth-order valence-corrected chi connectivity index (χ4v) is 1.56. The monoisotopic (exact) mass is 273 g/mol. The second-order valence-corrected chi connectivity index (χ2v) is 6.14. The van der Waals surface area contributed by atoms with Crippen LogP contribution < -0.4 is 10.5 Å². The Morgan fingerprint density at radius 1 is 1.39 bits per heavy atom. The Labute approximate surface area is 105 Å². The molecule has 0 aromatic carbocycles. The highest BCUT2D eigenvalue weighted by Crippen LogP contribution is 2.14. The van der Waals surface area contributed by atoms with E-state index in [9.17, 15) is 13.2 Å². The van der Waals surface area contributed by atoms with Gasteiger partial charge < -0.3 is 4.74 Å². The lowest BCUT2D eigenvalue weighted by Gasteiger charge is -2.19. The number of nitrogens with two attached hydrogens (primary N) is 1. The second kappa shape index (κ2) is 4.91. The van der Waals surface area contributed by atoms with Crippen LogP contribution in [0.5, 0.6) is 0 Å². The number of hydrogen-bond acceptors (Lipinski definition) is 5. The highest BCUT2D eigenvalue weighted by atomic mass is 32.2. The molecule has 100 valence electrons. The molecule has 1 heterocycles. The van der Waals surface area contributed by atoms with Gasteiger partial charge in [0, 0.05) is 6.20 Å². The molecule has 0 fully saturated rings. The van der Waals surface area contributed by atoms with Gasteiger partial charge in [0.1, 0.15) is 10.5 Å². The van der Waals surface area contributed by atoms with Crippen LogP contribution in [-0.2, 0) is 14.8 Å². The molecule has 18 heavy (non-hydrogen) atoms. The van der Waals surface area contributed by atoms with Gasteiger partial charge in [0.15, 0.2) is 0 Å². The number of ether oxygens (including phenoxy) is 1. The van der Waals surface area contributed by atoms with Crippen molar-refractivity contribution in [3.8, 4) is 0 Å². The first-order chi connectivity index (χ1) is 8.08. The molecule has 0 aliphatic rings. The van der Waals surface area contributed by atoms with Crippen molar-refractivity contribution in [1.29, 1.82) is 0 Å². The number of amides is 1. The van der Waals surface area contributed by atoms with Crippen LogP contribution in [0.1, 0.15) is 20.8 Å². The number of nitrogens with one attached hydrogen (secondary N) is 1. The van der Waals surface area contributed by atoms with Crippen LogP contribution in [0.4, 0.5) is 10.5 Å².